The molecular formula is C15H20N2O. The standard InChI is InChI=1S/C15H20N2O/c1-10-7-11(2)15(12(3)8-10)13-9-17-14(18-13)5-4-6-16/h7-9H,4-6,16H2,1-3H3. The third kappa shape index (κ3) is 2.62. The molecule has 0 saturated carbocycles. The van der Waals surface area contributed by atoms with Gasteiger partial charge in [0, 0.05) is 12.0 Å². The minimum absolute atomic E-state index is 0.667. The first-order valence-corrected chi connectivity index (χ1v) is 6.35. The molecule has 1 heterocycles. The van der Waals surface area contributed by atoms with E-state index in [9.17, 15) is 0 Å². The third-order valence-corrected chi connectivity index (χ3v) is 3.07. The molecule has 18 heavy (non-hydrogen) atoms. The molecule has 0 saturated heterocycles. The van der Waals surface area contributed by atoms with Gasteiger partial charge in [0.1, 0.15) is 0 Å². The summed E-state index contributed by atoms with van der Waals surface area (Å²) < 4.78 is 5.81. The Morgan fingerprint density at radius 3 is 2.44 bits per heavy atom. The van der Waals surface area contributed by atoms with E-state index in [0.29, 0.717) is 6.54 Å². The smallest absolute Gasteiger partial charge is 0.194 e. The van der Waals surface area contributed by atoms with E-state index in [0.717, 1.165) is 30.1 Å². The maximum absolute atomic E-state index is 5.81. The van der Waals surface area contributed by atoms with Crippen LogP contribution in [0.1, 0.15) is 29.0 Å². The summed E-state index contributed by atoms with van der Waals surface area (Å²) in [6.45, 7) is 6.99. The third-order valence-electron chi connectivity index (χ3n) is 3.07. The van der Waals surface area contributed by atoms with E-state index < -0.39 is 0 Å². The lowest BCUT2D eigenvalue weighted by Crippen LogP contribution is -2.00. The van der Waals surface area contributed by atoms with Gasteiger partial charge in [-0.1, -0.05) is 17.7 Å². The molecule has 3 nitrogen and oxygen atoms in total. The second-order valence-electron chi connectivity index (χ2n) is 4.78. The van der Waals surface area contributed by atoms with E-state index >= 15 is 0 Å². The van der Waals surface area contributed by atoms with Gasteiger partial charge in [-0.2, -0.15) is 0 Å². The summed E-state index contributed by atoms with van der Waals surface area (Å²) >= 11 is 0. The molecule has 0 aliphatic heterocycles. The number of aryl methyl sites for hydroxylation is 4. The number of rotatable bonds is 4. The number of hydrogen-bond donors (Lipinski definition) is 1. The molecule has 0 spiro atoms. The zero-order valence-electron chi connectivity index (χ0n) is 11.3. The van der Waals surface area contributed by atoms with Crippen LogP contribution in [-0.4, -0.2) is 11.5 Å². The van der Waals surface area contributed by atoms with E-state index in [1.165, 1.54) is 16.7 Å². The van der Waals surface area contributed by atoms with Crippen LogP contribution in [0.3, 0.4) is 0 Å². The van der Waals surface area contributed by atoms with E-state index in [1.54, 1.807) is 0 Å². The number of nitrogens with zero attached hydrogens (tertiary/aromatic N) is 1. The van der Waals surface area contributed by atoms with Crippen LogP contribution in [0, 0.1) is 20.8 Å². The fraction of sp³-hybridized carbons (Fsp3) is 0.400. The van der Waals surface area contributed by atoms with E-state index in [1.807, 2.05) is 6.20 Å². The topological polar surface area (TPSA) is 52.0 Å². The van der Waals surface area contributed by atoms with Crippen molar-refractivity contribution in [3.63, 3.8) is 0 Å². The van der Waals surface area contributed by atoms with Gasteiger partial charge in [0.15, 0.2) is 11.7 Å². The molecule has 2 rings (SSSR count). The number of benzene rings is 1. The van der Waals surface area contributed by atoms with Crippen molar-refractivity contribution in [1.82, 2.24) is 4.98 Å². The van der Waals surface area contributed by atoms with Gasteiger partial charge in [-0.15, -0.1) is 0 Å². The predicted octanol–water partition coefficient (Wildman–Crippen LogP) is 3.16. The lowest BCUT2D eigenvalue weighted by molar-refractivity contribution is 0.499. The van der Waals surface area contributed by atoms with Crippen LogP contribution >= 0.6 is 0 Å². The van der Waals surface area contributed by atoms with Crippen LogP contribution in [0.5, 0.6) is 0 Å². The summed E-state index contributed by atoms with van der Waals surface area (Å²) in [6, 6.07) is 4.34. The average molecular weight is 244 g/mol. The Morgan fingerprint density at radius 1 is 1.17 bits per heavy atom. The molecule has 1 aromatic carbocycles. The van der Waals surface area contributed by atoms with Crippen molar-refractivity contribution >= 4 is 0 Å². The van der Waals surface area contributed by atoms with Gasteiger partial charge in [0.2, 0.25) is 0 Å². The highest BCUT2D eigenvalue weighted by Gasteiger charge is 2.11. The van der Waals surface area contributed by atoms with Crippen LogP contribution in [0.4, 0.5) is 0 Å². The van der Waals surface area contributed by atoms with Crippen molar-refractivity contribution in [2.75, 3.05) is 6.54 Å². The number of hydrogen-bond acceptors (Lipinski definition) is 3. The van der Waals surface area contributed by atoms with Crippen molar-refractivity contribution in [2.24, 2.45) is 5.73 Å². The monoisotopic (exact) mass is 244 g/mol. The fourth-order valence-electron chi connectivity index (χ4n) is 2.36. The van der Waals surface area contributed by atoms with Gasteiger partial charge in [-0.25, -0.2) is 4.98 Å². The molecule has 0 amide bonds. The molecule has 0 bridgehead atoms. The molecule has 0 fully saturated rings. The quantitative estimate of drug-likeness (QED) is 0.898. The second kappa shape index (κ2) is 5.36. The maximum Gasteiger partial charge on any atom is 0.194 e. The SMILES string of the molecule is Cc1cc(C)c(-c2cnc(CCCN)o2)c(C)c1. The molecular weight excluding hydrogens is 224 g/mol. The minimum atomic E-state index is 0.667. The summed E-state index contributed by atoms with van der Waals surface area (Å²) in [7, 11) is 0. The Hall–Kier alpha value is -1.61. The van der Waals surface area contributed by atoms with Crippen molar-refractivity contribution in [1.29, 1.82) is 0 Å². The van der Waals surface area contributed by atoms with Gasteiger partial charge in [-0.3, -0.25) is 0 Å². The minimum Gasteiger partial charge on any atom is -0.441 e. The van der Waals surface area contributed by atoms with Crippen LogP contribution in [0.2, 0.25) is 0 Å². The number of aromatic nitrogens is 1. The molecule has 3 heteroatoms. The summed E-state index contributed by atoms with van der Waals surface area (Å²) in [5.41, 5.74) is 10.4. The Bertz CT molecular complexity index is 520. The molecule has 0 aliphatic carbocycles. The molecule has 2 N–H and O–H groups in total. The van der Waals surface area contributed by atoms with Gasteiger partial charge in [0.25, 0.3) is 0 Å². The lowest BCUT2D eigenvalue weighted by atomic mass is 9.98. The van der Waals surface area contributed by atoms with Gasteiger partial charge < -0.3 is 10.2 Å². The Labute approximate surface area is 108 Å². The first kappa shape index (κ1) is 12.8. The highest BCUT2D eigenvalue weighted by molar-refractivity contribution is 5.66. The second-order valence-corrected chi connectivity index (χ2v) is 4.78. The predicted molar refractivity (Wildman–Crippen MR) is 73.5 cm³/mol. The summed E-state index contributed by atoms with van der Waals surface area (Å²) in [4.78, 5) is 4.31. The molecule has 0 radical (unpaired) electrons. The van der Waals surface area contributed by atoms with Crippen LogP contribution in [-0.2, 0) is 6.42 Å². The number of oxazole rings is 1. The average Bonchev–Trinajstić information content (AvgIpc) is 2.73. The first-order valence-electron chi connectivity index (χ1n) is 6.35. The van der Waals surface area contributed by atoms with Crippen molar-refractivity contribution in [3.8, 4) is 11.3 Å². The molecule has 0 aliphatic rings. The molecule has 96 valence electrons. The zero-order chi connectivity index (χ0) is 13.1. The Kier molecular flexibility index (Phi) is 3.82. The van der Waals surface area contributed by atoms with E-state index in [4.69, 9.17) is 10.2 Å². The van der Waals surface area contributed by atoms with Crippen LogP contribution in [0.15, 0.2) is 22.7 Å². The van der Waals surface area contributed by atoms with Crippen molar-refractivity contribution in [3.05, 3.63) is 40.9 Å². The van der Waals surface area contributed by atoms with Crippen LogP contribution < -0.4 is 5.73 Å². The lowest BCUT2D eigenvalue weighted by Gasteiger charge is -2.08. The van der Waals surface area contributed by atoms with Gasteiger partial charge in [-0.05, 0) is 44.9 Å². The molecule has 2 aromatic rings. The normalized spacial score (nSPS) is 10.9. The summed E-state index contributed by atoms with van der Waals surface area (Å²) in [6.07, 6.45) is 3.53. The Morgan fingerprint density at radius 2 is 1.83 bits per heavy atom. The van der Waals surface area contributed by atoms with Crippen molar-refractivity contribution < 1.29 is 4.42 Å². The summed E-state index contributed by atoms with van der Waals surface area (Å²) in [5, 5.41) is 0. The highest BCUT2D eigenvalue weighted by atomic mass is 16.4. The van der Waals surface area contributed by atoms with Crippen molar-refractivity contribution in [2.45, 2.75) is 33.6 Å². The fourth-order valence-corrected chi connectivity index (χ4v) is 2.36. The highest BCUT2D eigenvalue weighted by Crippen LogP contribution is 2.29. The summed E-state index contributed by atoms with van der Waals surface area (Å²) in [5.74, 6) is 1.63. The van der Waals surface area contributed by atoms with E-state index in [2.05, 4.69) is 37.9 Å². The van der Waals surface area contributed by atoms with E-state index in [-0.39, 0.29) is 0 Å². The van der Waals surface area contributed by atoms with Gasteiger partial charge in [0.05, 0.1) is 6.20 Å². The molecule has 0 unspecified atom stereocenters. The first-order chi connectivity index (χ1) is 8.61. The largest absolute Gasteiger partial charge is 0.441 e. The number of nitrogens with two attached hydrogens (primary N) is 1. The molecule has 0 atom stereocenters. The maximum atomic E-state index is 5.81. The van der Waals surface area contributed by atoms with Crippen LogP contribution in [0.25, 0.3) is 11.3 Å². The Balaban J connectivity index is 2.34. The van der Waals surface area contributed by atoms with Gasteiger partial charge >= 0.3 is 0 Å². The molecule has 1 aromatic heterocycles. The zero-order valence-corrected chi connectivity index (χ0v) is 11.3.